The van der Waals surface area contributed by atoms with Crippen LogP contribution in [0.5, 0.6) is 0 Å². The van der Waals surface area contributed by atoms with Crippen molar-refractivity contribution in [2.24, 2.45) is 17.6 Å². The lowest BCUT2D eigenvalue weighted by Gasteiger charge is -2.46. The summed E-state index contributed by atoms with van der Waals surface area (Å²) < 4.78 is 1.69. The van der Waals surface area contributed by atoms with E-state index >= 15 is 0 Å². The fourth-order valence-electron chi connectivity index (χ4n) is 4.09. The highest BCUT2D eigenvalue weighted by Gasteiger charge is 2.47. The normalized spacial score (nSPS) is 28.5. The zero-order chi connectivity index (χ0) is 17.3. The second kappa shape index (κ2) is 6.72. The molecule has 1 aromatic rings. The summed E-state index contributed by atoms with van der Waals surface area (Å²) in [7, 11) is 1.84. The largest absolute Gasteiger partial charge is 0.364 e. The summed E-state index contributed by atoms with van der Waals surface area (Å²) in [5.74, 6) is 0.195. The van der Waals surface area contributed by atoms with E-state index in [0.717, 1.165) is 25.9 Å². The van der Waals surface area contributed by atoms with Gasteiger partial charge in [-0.2, -0.15) is 0 Å². The smallest absolute Gasteiger partial charge is 0.270 e. The highest BCUT2D eigenvalue weighted by molar-refractivity contribution is 5.90. The molecule has 0 saturated carbocycles. The van der Waals surface area contributed by atoms with Crippen LogP contribution in [0, 0.1) is 11.8 Å². The third-order valence-electron chi connectivity index (χ3n) is 5.35. The summed E-state index contributed by atoms with van der Waals surface area (Å²) in [5.41, 5.74) is 5.41. The summed E-state index contributed by atoms with van der Waals surface area (Å²) in [6.45, 7) is 6.95. The van der Waals surface area contributed by atoms with E-state index in [1.807, 2.05) is 7.05 Å². The third kappa shape index (κ3) is 3.19. The maximum atomic E-state index is 12.6. The number of primary amides is 1. The van der Waals surface area contributed by atoms with Gasteiger partial charge >= 0.3 is 0 Å². The van der Waals surface area contributed by atoms with Crippen molar-refractivity contribution in [1.82, 2.24) is 19.9 Å². The third-order valence-corrected chi connectivity index (χ3v) is 5.35. The number of hydrogen-bond acceptors (Lipinski definition) is 4. The number of nitrogens with one attached hydrogen (secondary N) is 1. The number of amides is 2. The summed E-state index contributed by atoms with van der Waals surface area (Å²) >= 11 is 0. The van der Waals surface area contributed by atoms with Gasteiger partial charge in [0.25, 0.3) is 5.91 Å². The Labute approximate surface area is 141 Å². The first-order valence-electron chi connectivity index (χ1n) is 8.40. The maximum absolute atomic E-state index is 12.6. The van der Waals surface area contributed by atoms with E-state index in [4.69, 9.17) is 5.73 Å². The van der Waals surface area contributed by atoms with Crippen LogP contribution in [0.2, 0.25) is 0 Å². The molecule has 4 atom stereocenters. The van der Waals surface area contributed by atoms with Crippen LogP contribution in [0.15, 0.2) is 18.9 Å². The number of likely N-dealkylation sites (N-methyl/N-ethyl adjacent to an activating group) is 1. The average Bonchev–Trinajstić information content (AvgIpc) is 3.04. The van der Waals surface area contributed by atoms with Crippen LogP contribution in [0.1, 0.15) is 23.3 Å². The van der Waals surface area contributed by atoms with Gasteiger partial charge in [0.1, 0.15) is 6.04 Å². The Morgan fingerprint density at radius 1 is 1.58 bits per heavy atom. The predicted octanol–water partition coefficient (Wildman–Crippen LogP) is -1.69. The van der Waals surface area contributed by atoms with Crippen molar-refractivity contribution in [3.05, 3.63) is 24.5 Å². The number of hydrogen-bond donors (Lipinski definition) is 2. The molecule has 130 valence electrons. The van der Waals surface area contributed by atoms with Crippen LogP contribution in [0.3, 0.4) is 0 Å². The molecule has 2 bridgehead atoms. The fourth-order valence-corrected chi connectivity index (χ4v) is 4.09. The lowest BCUT2D eigenvalue weighted by molar-refractivity contribution is -0.945. The van der Waals surface area contributed by atoms with Crippen molar-refractivity contribution in [3.8, 4) is 0 Å². The molecule has 1 unspecified atom stereocenters. The molecule has 24 heavy (non-hydrogen) atoms. The van der Waals surface area contributed by atoms with E-state index in [1.54, 1.807) is 21.9 Å². The summed E-state index contributed by atoms with van der Waals surface area (Å²) in [5, 5.41) is 7.78. The molecule has 1 aromatic heterocycles. The lowest BCUT2D eigenvalue weighted by atomic mass is 9.75. The zero-order valence-corrected chi connectivity index (χ0v) is 14.0. The van der Waals surface area contributed by atoms with E-state index in [0.29, 0.717) is 25.0 Å². The van der Waals surface area contributed by atoms with Crippen molar-refractivity contribution >= 4 is 11.8 Å². The number of nitrogens with two attached hydrogens (primary N) is 1. The van der Waals surface area contributed by atoms with Gasteiger partial charge < -0.3 is 15.5 Å². The Bertz CT molecular complexity index is 642. The molecule has 0 aromatic carbocycles. The summed E-state index contributed by atoms with van der Waals surface area (Å²) in [4.78, 5) is 26.9. The van der Waals surface area contributed by atoms with Gasteiger partial charge in [-0.1, -0.05) is 11.3 Å². The minimum Gasteiger partial charge on any atom is -0.364 e. The number of fused-ring (bicyclic) bond motifs is 3. The van der Waals surface area contributed by atoms with Gasteiger partial charge in [-0.15, -0.1) is 11.7 Å². The molecule has 3 fully saturated rings. The van der Waals surface area contributed by atoms with Gasteiger partial charge in [-0.3, -0.25) is 9.59 Å². The van der Waals surface area contributed by atoms with Crippen molar-refractivity contribution in [2.75, 3.05) is 26.7 Å². The van der Waals surface area contributed by atoms with Crippen LogP contribution in [0.4, 0.5) is 0 Å². The first-order chi connectivity index (χ1) is 11.5. The van der Waals surface area contributed by atoms with Gasteiger partial charge in [-0.25, -0.2) is 4.68 Å². The zero-order valence-electron chi connectivity index (χ0n) is 14.0. The molecule has 2 amide bonds. The van der Waals surface area contributed by atoms with Crippen LogP contribution < -0.4 is 10.6 Å². The summed E-state index contributed by atoms with van der Waals surface area (Å²) in [6, 6.07) is 0.403. The molecule has 4 heterocycles. The van der Waals surface area contributed by atoms with E-state index in [9.17, 15) is 9.59 Å². The van der Waals surface area contributed by atoms with Crippen molar-refractivity contribution in [3.63, 3.8) is 0 Å². The lowest BCUT2D eigenvalue weighted by Crippen LogP contribution is -3.20. The van der Waals surface area contributed by atoms with Gasteiger partial charge in [0.2, 0.25) is 5.91 Å². The van der Waals surface area contributed by atoms with Gasteiger partial charge in [0, 0.05) is 26.4 Å². The molecule has 3 aliphatic rings. The Hall–Kier alpha value is -2.22. The van der Waals surface area contributed by atoms with Gasteiger partial charge in [0.05, 0.1) is 31.7 Å². The molecular formula is C16H25N6O2+. The number of carbonyl (C=O) groups excluding carboxylic acids is 2. The van der Waals surface area contributed by atoms with E-state index in [-0.39, 0.29) is 17.5 Å². The highest BCUT2D eigenvalue weighted by atomic mass is 16.2. The monoisotopic (exact) mass is 333 g/mol. The SMILES string of the molecule is C=CCN(C)C(=O)[C@H]1C[NH+]2CC[C@@H]1C[C@@H]2Cn1cc(C(N)=O)nn1. The van der Waals surface area contributed by atoms with Crippen molar-refractivity contribution < 1.29 is 14.5 Å². The molecular weight excluding hydrogens is 308 g/mol. The molecule has 3 N–H and O–H groups in total. The van der Waals surface area contributed by atoms with Crippen LogP contribution >= 0.6 is 0 Å². The molecule has 3 saturated heterocycles. The molecule has 0 radical (unpaired) electrons. The van der Waals surface area contributed by atoms with Crippen LogP contribution in [-0.2, 0) is 11.3 Å². The van der Waals surface area contributed by atoms with E-state index in [2.05, 4.69) is 16.9 Å². The Kier molecular flexibility index (Phi) is 4.66. The predicted molar refractivity (Wildman–Crippen MR) is 87.1 cm³/mol. The summed E-state index contributed by atoms with van der Waals surface area (Å²) in [6.07, 6.45) is 5.45. The van der Waals surface area contributed by atoms with Gasteiger partial charge in [-0.05, 0) is 5.92 Å². The second-order valence-corrected chi connectivity index (χ2v) is 6.90. The maximum Gasteiger partial charge on any atom is 0.270 e. The Morgan fingerprint density at radius 3 is 2.96 bits per heavy atom. The van der Waals surface area contributed by atoms with E-state index < -0.39 is 5.91 Å². The molecule has 8 nitrogen and oxygen atoms in total. The Balaban J connectivity index is 1.63. The minimum atomic E-state index is -0.560. The number of nitrogens with zero attached hydrogens (tertiary/aromatic N) is 4. The van der Waals surface area contributed by atoms with Crippen LogP contribution in [-0.4, -0.2) is 64.4 Å². The van der Waals surface area contributed by atoms with Crippen molar-refractivity contribution in [1.29, 1.82) is 0 Å². The molecule has 0 spiro atoms. The average molecular weight is 333 g/mol. The number of rotatable bonds is 6. The standard InChI is InChI=1S/C16H24N6O2/c1-3-5-20(2)16(24)13-9-21-6-4-11(13)7-12(21)8-22-10-14(15(17)23)18-19-22/h3,10-13H,1,4-9H2,2H3,(H2,17,23)/p+1/t11-,12-,13+/m1/s1. The first kappa shape index (κ1) is 16.6. The molecule has 0 aliphatic carbocycles. The number of quaternary nitrogens is 1. The van der Waals surface area contributed by atoms with Gasteiger partial charge in [0.15, 0.2) is 5.69 Å². The number of carbonyl (C=O) groups is 2. The second-order valence-electron chi connectivity index (χ2n) is 6.90. The van der Waals surface area contributed by atoms with E-state index in [1.165, 1.54) is 4.90 Å². The first-order valence-corrected chi connectivity index (χ1v) is 8.40. The highest BCUT2D eigenvalue weighted by Crippen LogP contribution is 2.28. The number of piperidine rings is 3. The van der Waals surface area contributed by atoms with Crippen molar-refractivity contribution in [2.45, 2.75) is 25.4 Å². The number of aromatic nitrogens is 3. The molecule has 4 rings (SSSR count). The molecule has 8 heteroatoms. The quantitative estimate of drug-likeness (QED) is 0.607. The Morgan fingerprint density at radius 2 is 2.38 bits per heavy atom. The fraction of sp³-hybridized carbons (Fsp3) is 0.625. The molecule has 3 aliphatic heterocycles. The minimum absolute atomic E-state index is 0.104. The topological polar surface area (TPSA) is 98.6 Å². The van der Waals surface area contributed by atoms with Crippen LogP contribution in [0.25, 0.3) is 0 Å².